The summed E-state index contributed by atoms with van der Waals surface area (Å²) in [5, 5.41) is 0. The van der Waals surface area contributed by atoms with E-state index in [1.807, 2.05) is 0 Å². The van der Waals surface area contributed by atoms with Crippen molar-refractivity contribution >= 4 is 18.2 Å². The maximum atomic E-state index is 2.33. The van der Waals surface area contributed by atoms with Gasteiger partial charge in [0.1, 0.15) is 0 Å². The lowest BCUT2D eigenvalue weighted by Crippen LogP contribution is -2.34. The van der Waals surface area contributed by atoms with Crippen LogP contribution in [-0.2, 0) is 0 Å². The van der Waals surface area contributed by atoms with E-state index in [2.05, 4.69) is 113 Å². The van der Waals surface area contributed by atoms with Crippen LogP contribution in [0.2, 0.25) is 0 Å². The summed E-state index contributed by atoms with van der Waals surface area (Å²) >= 11 is 0. The maximum Gasteiger partial charge on any atom is 0.193 e. The molecule has 0 amide bonds. The third-order valence-electron chi connectivity index (χ3n) is 5.96. The summed E-state index contributed by atoms with van der Waals surface area (Å²) in [6.07, 6.45) is 0. The van der Waals surface area contributed by atoms with E-state index < -0.39 is 0 Å². The Morgan fingerprint density at radius 3 is 1.03 bits per heavy atom. The van der Waals surface area contributed by atoms with Crippen LogP contribution in [0.1, 0.15) is 22.3 Å². The van der Waals surface area contributed by atoms with Crippen LogP contribution in [0.5, 0.6) is 0 Å². The zero-order valence-electron chi connectivity index (χ0n) is 17.8. The predicted molar refractivity (Wildman–Crippen MR) is 129 cm³/mol. The first-order chi connectivity index (χ1) is 14.0. The minimum absolute atomic E-state index is 0.986. The summed E-state index contributed by atoms with van der Waals surface area (Å²) in [4.78, 5) is 0. The molecule has 0 bridgehead atoms. The highest BCUT2D eigenvalue weighted by molar-refractivity contribution is 6.69. The van der Waals surface area contributed by atoms with Gasteiger partial charge in [0.25, 0.3) is 0 Å². The Kier molecular flexibility index (Phi) is 5.40. The minimum atomic E-state index is 0.986. The van der Waals surface area contributed by atoms with E-state index in [4.69, 9.17) is 0 Å². The number of aryl methyl sites for hydroxylation is 4. The van der Waals surface area contributed by atoms with E-state index in [-0.39, 0.29) is 0 Å². The van der Waals surface area contributed by atoms with Gasteiger partial charge in [0.2, 0.25) is 0 Å². The van der Waals surface area contributed by atoms with Crippen molar-refractivity contribution in [3.05, 3.63) is 107 Å². The molecule has 29 heavy (non-hydrogen) atoms. The molecule has 0 aliphatic heterocycles. The molecule has 0 unspecified atom stereocenters. The first-order valence-corrected chi connectivity index (χ1v) is 10.3. The monoisotopic (exact) mass is 374 g/mol. The quantitative estimate of drug-likeness (QED) is 0.406. The number of hydrogen-bond acceptors (Lipinski definition) is 0. The van der Waals surface area contributed by atoms with Gasteiger partial charge in [-0.3, -0.25) is 0 Å². The molecular weight excluding hydrogens is 347 g/mol. The fourth-order valence-corrected chi connectivity index (χ4v) is 4.32. The van der Waals surface area contributed by atoms with Gasteiger partial charge in [-0.25, -0.2) is 0 Å². The third kappa shape index (κ3) is 4.05. The Balaban J connectivity index is 1.69. The second-order valence-corrected chi connectivity index (χ2v) is 8.09. The Bertz CT molecular complexity index is 1000. The molecule has 4 aromatic rings. The van der Waals surface area contributed by atoms with Crippen molar-refractivity contribution in [2.24, 2.45) is 0 Å². The molecule has 1 heteroatoms. The van der Waals surface area contributed by atoms with Gasteiger partial charge in [-0.1, -0.05) is 118 Å². The highest BCUT2D eigenvalue weighted by atomic mass is 14.1. The molecule has 0 nitrogen and oxygen atoms in total. The molecular formula is C28H27B. The van der Waals surface area contributed by atoms with E-state index in [1.165, 1.54) is 55.4 Å². The highest BCUT2D eigenvalue weighted by Gasteiger charge is 2.13. The summed E-state index contributed by atoms with van der Waals surface area (Å²) < 4.78 is 0. The van der Waals surface area contributed by atoms with Gasteiger partial charge in [0.05, 0.1) is 0 Å². The Labute approximate surface area is 175 Å². The summed E-state index contributed by atoms with van der Waals surface area (Å²) in [5.41, 5.74) is 13.5. The average Bonchev–Trinajstić information content (AvgIpc) is 2.73. The van der Waals surface area contributed by atoms with Gasteiger partial charge in [-0.05, 0) is 49.9 Å². The molecule has 0 N–H and O–H groups in total. The first kappa shape index (κ1) is 19.3. The topological polar surface area (TPSA) is 0 Å². The van der Waals surface area contributed by atoms with Gasteiger partial charge < -0.3 is 0 Å². The smallest absolute Gasteiger partial charge is 0.0728 e. The van der Waals surface area contributed by atoms with E-state index >= 15 is 0 Å². The van der Waals surface area contributed by atoms with Crippen LogP contribution >= 0.6 is 0 Å². The SMILES string of the molecule is Cc1cc(-c2ccccc2)cc(C)c1Bc1c(C)cc(-c2ccccc2)cc1C. The second-order valence-electron chi connectivity index (χ2n) is 8.09. The molecule has 4 aromatic carbocycles. The molecule has 142 valence electrons. The van der Waals surface area contributed by atoms with Gasteiger partial charge >= 0.3 is 0 Å². The van der Waals surface area contributed by atoms with Crippen LogP contribution in [0.3, 0.4) is 0 Å². The van der Waals surface area contributed by atoms with E-state index in [0.717, 1.165) is 7.28 Å². The van der Waals surface area contributed by atoms with Crippen molar-refractivity contribution in [2.45, 2.75) is 27.7 Å². The molecule has 0 radical (unpaired) electrons. The van der Waals surface area contributed by atoms with E-state index in [0.29, 0.717) is 0 Å². The molecule has 0 aliphatic carbocycles. The van der Waals surface area contributed by atoms with Crippen LogP contribution in [-0.4, -0.2) is 7.28 Å². The fraction of sp³-hybridized carbons (Fsp3) is 0.143. The standard InChI is InChI=1S/C28H27B/c1-19-15-25(23-11-7-5-8-12-23)16-20(2)27(19)29-28-21(3)17-26(18-22(28)4)24-13-9-6-10-14-24/h5-18,29H,1-4H3. The first-order valence-electron chi connectivity index (χ1n) is 10.3. The number of rotatable bonds is 4. The molecule has 0 heterocycles. The van der Waals surface area contributed by atoms with Crippen molar-refractivity contribution in [3.63, 3.8) is 0 Å². The van der Waals surface area contributed by atoms with Gasteiger partial charge in [-0.15, -0.1) is 0 Å². The molecule has 0 aromatic heterocycles. The molecule has 0 spiro atoms. The van der Waals surface area contributed by atoms with E-state index in [1.54, 1.807) is 0 Å². The van der Waals surface area contributed by atoms with Crippen molar-refractivity contribution in [2.75, 3.05) is 0 Å². The maximum absolute atomic E-state index is 2.33. The summed E-state index contributed by atoms with van der Waals surface area (Å²) in [5.74, 6) is 0. The third-order valence-corrected chi connectivity index (χ3v) is 5.96. The number of benzene rings is 4. The molecule has 0 atom stereocenters. The summed E-state index contributed by atoms with van der Waals surface area (Å²) in [6, 6.07) is 30.6. The van der Waals surface area contributed by atoms with Gasteiger partial charge in [0.15, 0.2) is 7.28 Å². The second kappa shape index (κ2) is 8.13. The Morgan fingerprint density at radius 2 is 0.724 bits per heavy atom. The average molecular weight is 374 g/mol. The van der Waals surface area contributed by atoms with Crippen molar-refractivity contribution in [1.82, 2.24) is 0 Å². The lowest BCUT2D eigenvalue weighted by Gasteiger charge is -2.17. The predicted octanol–water partition coefficient (Wildman–Crippen LogP) is 5.64. The van der Waals surface area contributed by atoms with Crippen LogP contribution in [0, 0.1) is 27.7 Å². The Morgan fingerprint density at radius 1 is 0.414 bits per heavy atom. The molecule has 0 fully saturated rings. The molecule has 4 rings (SSSR count). The van der Waals surface area contributed by atoms with Crippen molar-refractivity contribution < 1.29 is 0 Å². The highest BCUT2D eigenvalue weighted by Crippen LogP contribution is 2.22. The fourth-order valence-electron chi connectivity index (χ4n) is 4.32. The van der Waals surface area contributed by atoms with Crippen LogP contribution in [0.15, 0.2) is 84.9 Å². The normalized spacial score (nSPS) is 10.8. The van der Waals surface area contributed by atoms with Crippen molar-refractivity contribution in [3.8, 4) is 22.3 Å². The molecule has 0 aliphatic rings. The van der Waals surface area contributed by atoms with Crippen molar-refractivity contribution in [1.29, 1.82) is 0 Å². The van der Waals surface area contributed by atoms with Gasteiger partial charge in [0, 0.05) is 0 Å². The van der Waals surface area contributed by atoms with Crippen LogP contribution < -0.4 is 10.9 Å². The zero-order chi connectivity index (χ0) is 20.4. The summed E-state index contributed by atoms with van der Waals surface area (Å²) in [6.45, 7) is 8.99. The van der Waals surface area contributed by atoms with Crippen LogP contribution in [0.4, 0.5) is 0 Å². The molecule has 0 saturated carbocycles. The van der Waals surface area contributed by atoms with Gasteiger partial charge in [-0.2, -0.15) is 0 Å². The summed E-state index contributed by atoms with van der Waals surface area (Å²) in [7, 11) is 0.986. The zero-order valence-corrected chi connectivity index (χ0v) is 17.8. The van der Waals surface area contributed by atoms with E-state index in [9.17, 15) is 0 Å². The number of hydrogen-bond donors (Lipinski definition) is 0. The largest absolute Gasteiger partial charge is 0.193 e. The van der Waals surface area contributed by atoms with Crippen LogP contribution in [0.25, 0.3) is 22.3 Å². The molecule has 0 saturated heterocycles. The Hall–Kier alpha value is -3.06. The minimum Gasteiger partial charge on any atom is -0.0728 e. The lowest BCUT2D eigenvalue weighted by atomic mass is 9.58. The lowest BCUT2D eigenvalue weighted by molar-refractivity contribution is 1.41.